The van der Waals surface area contributed by atoms with Gasteiger partial charge in [-0.05, 0) is 35.9 Å². The van der Waals surface area contributed by atoms with Crippen molar-refractivity contribution in [1.82, 2.24) is 11.1 Å². The van der Waals surface area contributed by atoms with Gasteiger partial charge in [0.15, 0.2) is 0 Å². The normalized spacial score (nSPS) is 9.00. The Kier molecular flexibility index (Phi) is 12.0. The molecule has 0 amide bonds. The molecule has 9 heteroatoms. The van der Waals surface area contributed by atoms with E-state index in [2.05, 4.69) is 22.9 Å². The van der Waals surface area contributed by atoms with E-state index in [9.17, 15) is 9.90 Å². The largest absolute Gasteiger partial charge is 0.508 e. The number of nitrogens with one attached hydrogen (secondary N) is 3. The molecule has 0 fully saturated rings. The highest BCUT2D eigenvalue weighted by atomic mass is 32.1. The van der Waals surface area contributed by atoms with Crippen LogP contribution in [0.5, 0.6) is 5.75 Å². The number of phenols is 1. The van der Waals surface area contributed by atoms with E-state index >= 15 is 0 Å². The van der Waals surface area contributed by atoms with E-state index in [1.165, 1.54) is 0 Å². The predicted molar refractivity (Wildman–Crippen MR) is 121 cm³/mol. The Labute approximate surface area is 174 Å². The number of phenolic OH excluding ortho intramolecular Hbond substituents is 1. The first kappa shape index (κ1) is 28.1. The highest BCUT2D eigenvalue weighted by molar-refractivity contribution is 7.80. The van der Waals surface area contributed by atoms with Gasteiger partial charge in [0.25, 0.3) is 5.56 Å². The molecule has 1 heterocycles. The Morgan fingerprint density at radius 1 is 1.03 bits per heavy atom. The van der Waals surface area contributed by atoms with Gasteiger partial charge < -0.3 is 32.5 Å². The van der Waals surface area contributed by atoms with E-state index in [0.29, 0.717) is 17.8 Å². The fraction of sp³-hybridized carbons (Fsp3) is 0.100. The number of rotatable bonds is 5. The molecule has 3 rings (SSSR count). The summed E-state index contributed by atoms with van der Waals surface area (Å²) in [4.78, 5) is 15.7. The fourth-order valence-corrected chi connectivity index (χ4v) is 2.61. The molecule has 0 spiro atoms. The molecule has 0 saturated heterocycles. The lowest BCUT2D eigenvalue weighted by Crippen LogP contribution is -2.21. The molecule has 0 aliphatic rings. The van der Waals surface area contributed by atoms with Crippen molar-refractivity contribution in [2.24, 2.45) is 0 Å². The van der Waals surface area contributed by atoms with Gasteiger partial charge in [0, 0.05) is 23.2 Å². The van der Waals surface area contributed by atoms with Crippen LogP contribution in [0.3, 0.4) is 0 Å². The fourth-order valence-electron chi connectivity index (χ4n) is 2.46. The first-order valence-electron chi connectivity index (χ1n) is 7.66. The maximum atomic E-state index is 12.3. The average molecular weight is 421 g/mol. The molecule has 2 aromatic carbocycles. The van der Waals surface area contributed by atoms with Crippen LogP contribution in [0.2, 0.25) is 0 Å². The minimum Gasteiger partial charge on any atom is -0.508 e. The average Bonchev–Trinajstić information content (AvgIpc) is 2.61. The van der Waals surface area contributed by atoms with Crippen LogP contribution < -0.4 is 17.0 Å². The zero-order valence-corrected chi connectivity index (χ0v) is 15.9. The van der Waals surface area contributed by atoms with Crippen molar-refractivity contribution in [3.63, 3.8) is 0 Å². The second-order valence-corrected chi connectivity index (χ2v) is 6.05. The van der Waals surface area contributed by atoms with E-state index in [-0.39, 0.29) is 47.1 Å². The Balaban J connectivity index is 0. The zero-order chi connectivity index (χ0) is 17.8. The predicted octanol–water partition coefficient (Wildman–Crippen LogP) is 2.55. The van der Waals surface area contributed by atoms with Crippen LogP contribution in [0.1, 0.15) is 24.1 Å². The summed E-state index contributed by atoms with van der Waals surface area (Å²) in [5.41, 5.74) is 2.28. The number of hydrogen-bond donors (Lipinski definition) is 6. The molecule has 0 unspecified atom stereocenters. The number of benzene rings is 2. The van der Waals surface area contributed by atoms with Crippen molar-refractivity contribution < 1.29 is 16.1 Å². The zero-order valence-electron chi connectivity index (χ0n) is 15.0. The third-order valence-electron chi connectivity index (χ3n) is 3.79. The van der Waals surface area contributed by atoms with Crippen LogP contribution >= 0.6 is 12.6 Å². The second kappa shape index (κ2) is 12.4. The molecule has 1 aromatic heterocycles. The lowest BCUT2D eigenvalue weighted by molar-refractivity contribution is 0.475. The SMILES string of the molecule is C.N.N=C(c1ccc(S)cc1)c1c(NCc2ccc(O)cc2)cc[nH]c1=O.O.O. The molecule has 0 radical (unpaired) electrons. The summed E-state index contributed by atoms with van der Waals surface area (Å²) in [6.45, 7) is 0.472. The second-order valence-electron chi connectivity index (χ2n) is 5.54. The van der Waals surface area contributed by atoms with E-state index < -0.39 is 0 Å². The summed E-state index contributed by atoms with van der Waals surface area (Å²) in [6.07, 6.45) is 1.55. The van der Waals surface area contributed by atoms with Gasteiger partial charge in [-0.15, -0.1) is 12.6 Å². The quantitative estimate of drug-likeness (QED) is 0.273. The van der Waals surface area contributed by atoms with Crippen molar-refractivity contribution in [2.75, 3.05) is 5.32 Å². The van der Waals surface area contributed by atoms with Crippen molar-refractivity contribution in [2.45, 2.75) is 18.9 Å². The van der Waals surface area contributed by atoms with E-state index in [1.807, 2.05) is 0 Å². The van der Waals surface area contributed by atoms with E-state index in [4.69, 9.17) is 5.41 Å². The molecule has 3 aromatic rings. The van der Waals surface area contributed by atoms with Crippen LogP contribution in [0.15, 0.2) is 70.5 Å². The van der Waals surface area contributed by atoms with Crippen LogP contribution in [0.25, 0.3) is 0 Å². The van der Waals surface area contributed by atoms with Gasteiger partial charge in [-0.1, -0.05) is 31.7 Å². The van der Waals surface area contributed by atoms with Crippen LogP contribution in [-0.2, 0) is 6.54 Å². The standard InChI is InChI=1S/C19H17N3O2S.CH4.H3N.2H2O/c20-18(13-3-7-15(25)8-4-13)17-16(9-10-21-19(17)24)22-11-12-1-5-14(23)6-2-12;;;;/h1-10,20,23,25H,11H2,(H2,21,22,24);1H4;1H3;2*1H2. The Bertz CT molecular complexity index is 957. The summed E-state index contributed by atoms with van der Waals surface area (Å²) < 4.78 is 0. The van der Waals surface area contributed by atoms with E-state index in [1.54, 1.807) is 60.8 Å². The van der Waals surface area contributed by atoms with Gasteiger partial charge >= 0.3 is 0 Å². The Hall–Kier alpha value is -3.11. The van der Waals surface area contributed by atoms with Crippen molar-refractivity contribution >= 4 is 24.0 Å². The van der Waals surface area contributed by atoms with E-state index in [0.717, 1.165) is 10.5 Å². The van der Waals surface area contributed by atoms with Gasteiger partial charge in [-0.25, -0.2) is 0 Å². The molecular formula is C20H28N4O4S. The maximum absolute atomic E-state index is 12.3. The van der Waals surface area contributed by atoms with Crippen molar-refractivity contribution in [1.29, 1.82) is 5.41 Å². The van der Waals surface area contributed by atoms with Crippen molar-refractivity contribution in [3.8, 4) is 5.75 Å². The number of hydrogen-bond acceptors (Lipinski definition) is 6. The molecule has 8 nitrogen and oxygen atoms in total. The summed E-state index contributed by atoms with van der Waals surface area (Å²) in [5, 5.41) is 21.0. The maximum Gasteiger partial charge on any atom is 0.259 e. The molecule has 158 valence electrons. The lowest BCUT2D eigenvalue weighted by Gasteiger charge is -2.12. The van der Waals surface area contributed by atoms with Crippen LogP contribution in [0.4, 0.5) is 5.69 Å². The van der Waals surface area contributed by atoms with Gasteiger partial charge in [0.1, 0.15) is 5.75 Å². The highest BCUT2D eigenvalue weighted by Crippen LogP contribution is 2.18. The van der Waals surface area contributed by atoms with Gasteiger partial charge in [0.2, 0.25) is 0 Å². The molecule has 0 atom stereocenters. The number of aromatic hydroxyl groups is 1. The molecule has 11 N–H and O–H groups in total. The number of aromatic nitrogens is 1. The number of H-pyrrole nitrogens is 1. The number of aromatic amines is 1. The Morgan fingerprint density at radius 3 is 2.21 bits per heavy atom. The van der Waals surface area contributed by atoms with Crippen LogP contribution in [-0.4, -0.2) is 26.8 Å². The topological polar surface area (TPSA) is 187 Å². The summed E-state index contributed by atoms with van der Waals surface area (Å²) in [6, 6.07) is 15.6. The monoisotopic (exact) mass is 420 g/mol. The van der Waals surface area contributed by atoms with Gasteiger partial charge in [-0.3, -0.25) is 10.2 Å². The first-order chi connectivity index (χ1) is 12.0. The number of anilines is 1. The molecule has 29 heavy (non-hydrogen) atoms. The number of pyridine rings is 1. The minimum atomic E-state index is -0.323. The summed E-state index contributed by atoms with van der Waals surface area (Å²) in [7, 11) is 0. The molecule has 0 bridgehead atoms. The Morgan fingerprint density at radius 2 is 1.62 bits per heavy atom. The van der Waals surface area contributed by atoms with Crippen molar-refractivity contribution in [3.05, 3.63) is 87.8 Å². The smallest absolute Gasteiger partial charge is 0.259 e. The first-order valence-corrected chi connectivity index (χ1v) is 8.11. The highest BCUT2D eigenvalue weighted by Gasteiger charge is 2.14. The molecule has 0 saturated carbocycles. The molecule has 0 aliphatic carbocycles. The summed E-state index contributed by atoms with van der Waals surface area (Å²) in [5.74, 6) is 0.204. The minimum absolute atomic E-state index is 0. The molecular weight excluding hydrogens is 392 g/mol. The summed E-state index contributed by atoms with van der Waals surface area (Å²) >= 11 is 4.24. The lowest BCUT2D eigenvalue weighted by atomic mass is 10.0. The van der Waals surface area contributed by atoms with Gasteiger partial charge in [-0.2, -0.15) is 0 Å². The van der Waals surface area contributed by atoms with Crippen LogP contribution in [0, 0.1) is 5.41 Å². The third-order valence-corrected chi connectivity index (χ3v) is 4.08. The third kappa shape index (κ3) is 6.77. The van der Waals surface area contributed by atoms with Gasteiger partial charge in [0.05, 0.1) is 17.0 Å². The number of thiol groups is 1. The molecule has 0 aliphatic heterocycles.